The van der Waals surface area contributed by atoms with E-state index in [-0.39, 0.29) is 35.5 Å². The molecular weight excluding hydrogens is 368 g/mol. The molecule has 1 aliphatic heterocycles. The van der Waals surface area contributed by atoms with Crippen molar-refractivity contribution in [2.45, 2.75) is 13.3 Å². The fourth-order valence-corrected chi connectivity index (χ4v) is 6.13. The first-order valence-electron chi connectivity index (χ1n) is 9.64. The molecule has 28 heavy (non-hydrogen) atoms. The fraction of sp³-hybridized carbons (Fsp3) is 0.261. The quantitative estimate of drug-likeness (QED) is 0.478. The summed E-state index contributed by atoms with van der Waals surface area (Å²) in [5, 5.41) is 0.949. The average molecular weight is 386 g/mol. The van der Waals surface area contributed by atoms with Gasteiger partial charge in [-0.2, -0.15) is 0 Å². The molecule has 2 fully saturated rings. The zero-order valence-electron chi connectivity index (χ0n) is 15.3. The maximum Gasteiger partial charge on any atom is 0.238 e. The van der Waals surface area contributed by atoms with Gasteiger partial charge in [-0.15, -0.1) is 11.3 Å². The Morgan fingerprint density at radius 3 is 2.32 bits per heavy atom. The highest BCUT2D eigenvalue weighted by atomic mass is 32.1. The van der Waals surface area contributed by atoms with Crippen molar-refractivity contribution in [2.24, 2.45) is 23.7 Å². The number of benzene rings is 2. The van der Waals surface area contributed by atoms with E-state index in [4.69, 9.17) is 4.98 Å². The molecule has 0 radical (unpaired) electrons. The first-order chi connectivity index (χ1) is 13.6. The first-order valence-corrected chi connectivity index (χ1v) is 10.5. The summed E-state index contributed by atoms with van der Waals surface area (Å²) in [6, 6.07) is 13.9. The van der Waals surface area contributed by atoms with Crippen molar-refractivity contribution in [3.63, 3.8) is 0 Å². The number of fused-ring (bicyclic) bond motifs is 6. The number of thiazole rings is 1. The topological polar surface area (TPSA) is 50.3 Å². The Bertz CT molecular complexity index is 1150. The van der Waals surface area contributed by atoms with E-state index in [2.05, 4.69) is 31.2 Å². The summed E-state index contributed by atoms with van der Waals surface area (Å²) in [7, 11) is 0. The third kappa shape index (κ3) is 2.14. The van der Waals surface area contributed by atoms with E-state index < -0.39 is 0 Å². The molecule has 1 saturated carbocycles. The molecule has 3 aliphatic rings. The molecule has 1 saturated heterocycles. The molecule has 1 aromatic heterocycles. The van der Waals surface area contributed by atoms with Crippen LogP contribution in [0, 0.1) is 30.6 Å². The maximum atomic E-state index is 13.0. The summed E-state index contributed by atoms with van der Waals surface area (Å²) >= 11 is 1.66. The van der Waals surface area contributed by atoms with Crippen LogP contribution in [0.1, 0.15) is 12.0 Å². The number of hydrogen-bond donors (Lipinski definition) is 0. The van der Waals surface area contributed by atoms with Crippen LogP contribution >= 0.6 is 11.3 Å². The Kier molecular flexibility index (Phi) is 3.24. The summed E-state index contributed by atoms with van der Waals surface area (Å²) in [5.41, 5.74) is 3.89. The molecule has 4 atom stereocenters. The normalized spacial score (nSPS) is 28.0. The van der Waals surface area contributed by atoms with Crippen molar-refractivity contribution < 1.29 is 9.59 Å². The molecule has 0 unspecified atom stereocenters. The second-order valence-electron chi connectivity index (χ2n) is 8.05. The standard InChI is InChI=1S/C23H18N2O2S/c1-12-2-9-17-18(10-12)28-21(24-17)13-5-7-16(8-6-13)25-22(26)19-14-3-4-15(11-14)20(19)23(25)27/h2-10,14-15,19-20H,11H2,1H3/t14-,15-,19-,20+/m0/s1. The Hall–Kier alpha value is -2.79. The molecule has 2 aliphatic carbocycles. The van der Waals surface area contributed by atoms with Gasteiger partial charge in [0, 0.05) is 5.56 Å². The van der Waals surface area contributed by atoms with Gasteiger partial charge in [0.25, 0.3) is 0 Å². The van der Waals surface area contributed by atoms with Gasteiger partial charge in [-0.05, 0) is 67.1 Å². The predicted octanol–water partition coefficient (Wildman–Crippen LogP) is 4.58. The highest BCUT2D eigenvalue weighted by Crippen LogP contribution is 2.53. The molecule has 0 spiro atoms. The number of hydrogen-bond acceptors (Lipinski definition) is 4. The molecule has 2 bridgehead atoms. The average Bonchev–Trinajstić information content (AvgIpc) is 3.45. The van der Waals surface area contributed by atoms with Crippen LogP contribution in [0.25, 0.3) is 20.8 Å². The third-order valence-corrected chi connectivity index (χ3v) is 7.45. The molecule has 2 heterocycles. The van der Waals surface area contributed by atoms with Crippen LogP contribution in [0.4, 0.5) is 5.69 Å². The lowest BCUT2D eigenvalue weighted by atomic mass is 9.85. The zero-order valence-corrected chi connectivity index (χ0v) is 16.1. The van der Waals surface area contributed by atoms with Gasteiger partial charge in [0.2, 0.25) is 11.8 Å². The number of aromatic nitrogens is 1. The Morgan fingerprint density at radius 1 is 0.964 bits per heavy atom. The summed E-state index contributed by atoms with van der Waals surface area (Å²) in [4.78, 5) is 32.0. The van der Waals surface area contributed by atoms with Crippen LogP contribution in [0.15, 0.2) is 54.6 Å². The number of allylic oxidation sites excluding steroid dienone is 2. The molecule has 4 nitrogen and oxygen atoms in total. The predicted molar refractivity (Wildman–Crippen MR) is 110 cm³/mol. The van der Waals surface area contributed by atoms with E-state index in [0.29, 0.717) is 5.69 Å². The van der Waals surface area contributed by atoms with E-state index in [1.54, 1.807) is 11.3 Å². The van der Waals surface area contributed by atoms with Gasteiger partial charge in [-0.25, -0.2) is 4.98 Å². The van der Waals surface area contributed by atoms with Gasteiger partial charge < -0.3 is 0 Å². The van der Waals surface area contributed by atoms with Crippen molar-refractivity contribution in [3.05, 3.63) is 60.2 Å². The molecule has 2 aromatic carbocycles. The minimum Gasteiger partial charge on any atom is -0.274 e. The van der Waals surface area contributed by atoms with Gasteiger partial charge in [0.15, 0.2) is 0 Å². The largest absolute Gasteiger partial charge is 0.274 e. The van der Waals surface area contributed by atoms with Crippen LogP contribution in [-0.4, -0.2) is 16.8 Å². The molecule has 138 valence electrons. The molecular formula is C23H18N2O2S. The van der Waals surface area contributed by atoms with Crippen LogP contribution in [0.2, 0.25) is 0 Å². The molecule has 3 aromatic rings. The van der Waals surface area contributed by atoms with Crippen molar-refractivity contribution in [1.82, 2.24) is 4.98 Å². The van der Waals surface area contributed by atoms with Crippen LogP contribution in [0.3, 0.4) is 0 Å². The summed E-state index contributed by atoms with van der Waals surface area (Å²) < 4.78 is 1.17. The second-order valence-corrected chi connectivity index (χ2v) is 9.08. The van der Waals surface area contributed by atoms with Crippen molar-refractivity contribution in [1.29, 1.82) is 0 Å². The Morgan fingerprint density at radius 2 is 1.64 bits per heavy atom. The Labute approximate surface area is 166 Å². The van der Waals surface area contributed by atoms with E-state index in [1.807, 2.05) is 30.3 Å². The minimum atomic E-state index is -0.158. The van der Waals surface area contributed by atoms with Gasteiger partial charge in [-0.3, -0.25) is 14.5 Å². The second kappa shape index (κ2) is 5.61. The van der Waals surface area contributed by atoms with E-state index in [9.17, 15) is 9.59 Å². The number of aryl methyl sites for hydroxylation is 1. The third-order valence-electron chi connectivity index (χ3n) is 6.39. The summed E-state index contributed by atoms with van der Waals surface area (Å²) in [5.74, 6) is 0.0957. The van der Waals surface area contributed by atoms with Gasteiger partial charge in [-0.1, -0.05) is 18.2 Å². The number of carbonyl (C=O) groups excluding carboxylic acids is 2. The number of nitrogens with zero attached hydrogens (tertiary/aromatic N) is 2. The van der Waals surface area contributed by atoms with Crippen LogP contribution in [-0.2, 0) is 9.59 Å². The number of imide groups is 1. The fourth-order valence-electron chi connectivity index (χ4n) is 5.07. The number of anilines is 1. The molecule has 0 N–H and O–H groups in total. The molecule has 5 heteroatoms. The Balaban J connectivity index is 1.33. The lowest BCUT2D eigenvalue weighted by Gasteiger charge is -2.17. The van der Waals surface area contributed by atoms with Gasteiger partial charge in [0.05, 0.1) is 27.7 Å². The van der Waals surface area contributed by atoms with E-state index in [1.165, 1.54) is 15.2 Å². The SMILES string of the molecule is Cc1ccc2nc(-c3ccc(N4C(=O)[C@@H]5[C@H](C4=O)[C@H]4C=C[C@H]5C4)cc3)sc2c1. The highest BCUT2D eigenvalue weighted by molar-refractivity contribution is 7.21. The first kappa shape index (κ1) is 16.2. The van der Waals surface area contributed by atoms with Gasteiger partial charge >= 0.3 is 0 Å². The van der Waals surface area contributed by atoms with Crippen molar-refractivity contribution in [2.75, 3.05) is 4.90 Å². The van der Waals surface area contributed by atoms with Crippen LogP contribution in [0.5, 0.6) is 0 Å². The zero-order chi connectivity index (χ0) is 19.0. The molecule has 2 amide bonds. The van der Waals surface area contributed by atoms with E-state index in [0.717, 1.165) is 22.5 Å². The van der Waals surface area contributed by atoms with Crippen molar-refractivity contribution >= 4 is 39.1 Å². The highest BCUT2D eigenvalue weighted by Gasteiger charge is 2.59. The van der Waals surface area contributed by atoms with Crippen LogP contribution < -0.4 is 4.90 Å². The van der Waals surface area contributed by atoms with Crippen molar-refractivity contribution in [3.8, 4) is 10.6 Å². The monoisotopic (exact) mass is 386 g/mol. The van der Waals surface area contributed by atoms with Gasteiger partial charge in [0.1, 0.15) is 5.01 Å². The van der Waals surface area contributed by atoms with E-state index >= 15 is 0 Å². The number of rotatable bonds is 2. The summed E-state index contributed by atoms with van der Waals surface area (Å²) in [6.07, 6.45) is 5.20. The summed E-state index contributed by atoms with van der Waals surface area (Å²) in [6.45, 7) is 2.08. The minimum absolute atomic E-state index is 0.0323. The maximum absolute atomic E-state index is 13.0. The smallest absolute Gasteiger partial charge is 0.238 e. The lowest BCUT2D eigenvalue weighted by Crippen LogP contribution is -2.32. The number of amides is 2. The molecule has 6 rings (SSSR count). The lowest BCUT2D eigenvalue weighted by molar-refractivity contribution is -0.123. The number of carbonyl (C=O) groups is 2.